The van der Waals surface area contributed by atoms with Gasteiger partial charge in [-0.2, -0.15) is 0 Å². The molecule has 0 unspecified atom stereocenters. The summed E-state index contributed by atoms with van der Waals surface area (Å²) in [5.41, 5.74) is 13.5. The van der Waals surface area contributed by atoms with Gasteiger partial charge in [-0.25, -0.2) is 0 Å². The third kappa shape index (κ3) is 4.30. The lowest BCUT2D eigenvalue weighted by molar-refractivity contribution is 1.17. The zero-order chi connectivity index (χ0) is 34.3. The van der Waals surface area contributed by atoms with Crippen LogP contribution in [0.4, 0.5) is 0 Å². The van der Waals surface area contributed by atoms with E-state index in [1.165, 1.54) is 103 Å². The van der Waals surface area contributed by atoms with Gasteiger partial charge >= 0.3 is 0 Å². The number of fused-ring (bicyclic) bond motifs is 9. The van der Waals surface area contributed by atoms with Crippen molar-refractivity contribution in [2.24, 2.45) is 0 Å². The molecule has 52 heavy (non-hydrogen) atoms. The van der Waals surface area contributed by atoms with Gasteiger partial charge in [0, 0.05) is 53.0 Å². The molecule has 0 radical (unpaired) electrons. The highest BCUT2D eigenvalue weighted by atomic mass is 32.1. The molecular weight excluding hydrogens is 649 g/mol. The van der Waals surface area contributed by atoms with Crippen molar-refractivity contribution in [2.45, 2.75) is 6.92 Å². The Balaban J connectivity index is 1.11. The molecule has 0 aliphatic carbocycles. The maximum Gasteiger partial charge on any atom is 0.0543 e. The average Bonchev–Trinajstić information content (AvgIpc) is 3.85. The van der Waals surface area contributed by atoms with Gasteiger partial charge in [0.2, 0.25) is 0 Å². The Labute approximate surface area is 305 Å². The minimum absolute atomic E-state index is 1.18. The van der Waals surface area contributed by atoms with Crippen molar-refractivity contribution in [3.63, 3.8) is 0 Å². The summed E-state index contributed by atoms with van der Waals surface area (Å²) in [6, 6.07) is 64.7. The third-order valence-electron chi connectivity index (χ3n) is 10.8. The second-order valence-electron chi connectivity index (χ2n) is 13.8. The molecule has 11 rings (SSSR count). The van der Waals surface area contributed by atoms with E-state index in [4.69, 9.17) is 0 Å². The summed E-state index contributed by atoms with van der Waals surface area (Å²) in [4.78, 5) is 0. The smallest absolute Gasteiger partial charge is 0.0543 e. The normalized spacial score (nSPS) is 11.9. The van der Waals surface area contributed by atoms with Crippen LogP contribution in [0.3, 0.4) is 0 Å². The molecule has 0 saturated heterocycles. The van der Waals surface area contributed by atoms with Crippen molar-refractivity contribution < 1.29 is 0 Å². The van der Waals surface area contributed by atoms with Gasteiger partial charge in [-0.05, 0) is 102 Å². The minimum atomic E-state index is 1.18. The van der Waals surface area contributed by atoms with Gasteiger partial charge < -0.3 is 9.13 Å². The number of benzene rings is 8. The summed E-state index contributed by atoms with van der Waals surface area (Å²) in [7, 11) is 0. The van der Waals surface area contributed by atoms with E-state index >= 15 is 0 Å². The highest BCUT2D eigenvalue weighted by Gasteiger charge is 2.19. The van der Waals surface area contributed by atoms with E-state index in [1.54, 1.807) is 0 Å². The Kier molecular flexibility index (Phi) is 6.37. The van der Waals surface area contributed by atoms with Crippen molar-refractivity contribution in [3.8, 4) is 33.6 Å². The standard InChI is InChI=1S/C49H32N2S/c1-31-12-11-20-46(49(31)34-24-27-48-41(30-34)38-17-7-10-21-47(38)52-48)51-43-19-9-6-16-37(43)40-29-33(23-26-45(40)51)32-22-25-44-39(28-32)36-15-5-8-18-42(36)50(44)35-13-3-2-4-14-35/h2-30H,1H3. The van der Waals surface area contributed by atoms with Crippen LogP contribution >= 0.6 is 11.3 Å². The number of para-hydroxylation sites is 3. The van der Waals surface area contributed by atoms with Gasteiger partial charge in [0.05, 0.1) is 27.8 Å². The maximum absolute atomic E-state index is 2.48. The number of nitrogens with zero attached hydrogens (tertiary/aromatic N) is 2. The Morgan fingerprint density at radius 1 is 0.365 bits per heavy atom. The van der Waals surface area contributed by atoms with Crippen LogP contribution in [0.25, 0.3) is 97.4 Å². The van der Waals surface area contributed by atoms with Crippen LogP contribution in [0, 0.1) is 6.92 Å². The first-order valence-electron chi connectivity index (χ1n) is 17.9. The van der Waals surface area contributed by atoms with Crippen LogP contribution in [0.15, 0.2) is 176 Å². The van der Waals surface area contributed by atoms with Crippen molar-refractivity contribution >= 4 is 75.1 Å². The Morgan fingerprint density at radius 3 is 1.63 bits per heavy atom. The molecule has 8 aromatic carbocycles. The molecule has 0 N–H and O–H groups in total. The molecule has 0 atom stereocenters. The minimum Gasteiger partial charge on any atom is -0.309 e. The summed E-state index contributed by atoms with van der Waals surface area (Å²) in [5, 5.41) is 7.69. The van der Waals surface area contributed by atoms with E-state index in [-0.39, 0.29) is 0 Å². The van der Waals surface area contributed by atoms with Crippen LogP contribution in [0.2, 0.25) is 0 Å². The number of hydrogen-bond donors (Lipinski definition) is 0. The molecule has 0 spiro atoms. The topological polar surface area (TPSA) is 9.86 Å². The molecule has 3 aromatic heterocycles. The SMILES string of the molecule is Cc1cccc(-n2c3ccccc3c3cc(-c4ccc5c(c4)c4ccccc4n5-c4ccccc4)ccc32)c1-c1ccc2sc3ccccc3c2c1. The van der Waals surface area contributed by atoms with Crippen molar-refractivity contribution in [1.82, 2.24) is 9.13 Å². The second kappa shape index (κ2) is 11.3. The van der Waals surface area contributed by atoms with Crippen molar-refractivity contribution in [3.05, 3.63) is 181 Å². The molecule has 0 aliphatic heterocycles. The van der Waals surface area contributed by atoms with Gasteiger partial charge in [-0.1, -0.05) is 103 Å². The van der Waals surface area contributed by atoms with Crippen LogP contribution in [-0.4, -0.2) is 9.13 Å². The first kappa shape index (κ1) is 29.3. The molecular formula is C49H32N2S. The fraction of sp³-hybridized carbons (Fsp3) is 0.0204. The largest absolute Gasteiger partial charge is 0.309 e. The fourth-order valence-corrected chi connectivity index (χ4v) is 9.60. The second-order valence-corrected chi connectivity index (χ2v) is 14.9. The molecule has 0 saturated carbocycles. The van der Waals surface area contributed by atoms with E-state index in [1.807, 2.05) is 11.3 Å². The molecule has 0 fully saturated rings. The first-order valence-corrected chi connectivity index (χ1v) is 18.7. The zero-order valence-corrected chi connectivity index (χ0v) is 29.4. The monoisotopic (exact) mass is 680 g/mol. The first-order chi connectivity index (χ1) is 25.7. The Hall–Kier alpha value is -6.42. The van der Waals surface area contributed by atoms with Crippen LogP contribution in [0.1, 0.15) is 5.56 Å². The highest BCUT2D eigenvalue weighted by molar-refractivity contribution is 7.25. The van der Waals surface area contributed by atoms with Crippen molar-refractivity contribution in [2.75, 3.05) is 0 Å². The van der Waals surface area contributed by atoms with E-state index in [0.29, 0.717) is 0 Å². The fourth-order valence-electron chi connectivity index (χ4n) is 8.52. The molecule has 3 heterocycles. The lowest BCUT2D eigenvalue weighted by Gasteiger charge is -2.17. The van der Waals surface area contributed by atoms with Crippen LogP contribution < -0.4 is 0 Å². The maximum atomic E-state index is 2.48. The number of rotatable bonds is 4. The average molecular weight is 681 g/mol. The van der Waals surface area contributed by atoms with Crippen molar-refractivity contribution in [1.29, 1.82) is 0 Å². The lowest BCUT2D eigenvalue weighted by atomic mass is 9.96. The number of aryl methyl sites for hydroxylation is 1. The van der Waals surface area contributed by atoms with E-state index in [0.717, 1.165) is 0 Å². The Bertz CT molecular complexity index is 3190. The summed E-state index contributed by atoms with van der Waals surface area (Å²) in [5.74, 6) is 0. The third-order valence-corrected chi connectivity index (χ3v) is 12.0. The lowest BCUT2D eigenvalue weighted by Crippen LogP contribution is -1.99. The molecule has 0 bridgehead atoms. The molecule has 0 amide bonds. The summed E-state index contributed by atoms with van der Waals surface area (Å²) < 4.78 is 7.51. The number of thiophene rings is 1. The van der Waals surface area contributed by atoms with Gasteiger partial charge in [0.15, 0.2) is 0 Å². The molecule has 11 aromatic rings. The van der Waals surface area contributed by atoms with Gasteiger partial charge in [0.1, 0.15) is 0 Å². The quantitative estimate of drug-likeness (QED) is 0.175. The van der Waals surface area contributed by atoms with E-state index in [2.05, 4.69) is 192 Å². The number of hydrogen-bond acceptors (Lipinski definition) is 1. The predicted octanol–water partition coefficient (Wildman–Crippen LogP) is 13.9. The highest BCUT2D eigenvalue weighted by Crippen LogP contribution is 2.42. The summed E-state index contributed by atoms with van der Waals surface area (Å²) >= 11 is 1.87. The van der Waals surface area contributed by atoms with E-state index in [9.17, 15) is 0 Å². The molecule has 2 nitrogen and oxygen atoms in total. The van der Waals surface area contributed by atoms with Gasteiger partial charge in [-0.3, -0.25) is 0 Å². The van der Waals surface area contributed by atoms with Gasteiger partial charge in [0.25, 0.3) is 0 Å². The molecule has 244 valence electrons. The Morgan fingerprint density at radius 2 is 0.904 bits per heavy atom. The van der Waals surface area contributed by atoms with Crippen LogP contribution in [0.5, 0.6) is 0 Å². The van der Waals surface area contributed by atoms with Gasteiger partial charge in [-0.15, -0.1) is 11.3 Å². The molecule has 0 aliphatic rings. The summed E-state index contributed by atoms with van der Waals surface area (Å²) in [6.45, 7) is 2.24. The zero-order valence-electron chi connectivity index (χ0n) is 28.5. The molecule has 3 heteroatoms. The van der Waals surface area contributed by atoms with E-state index < -0.39 is 0 Å². The predicted molar refractivity (Wildman–Crippen MR) is 224 cm³/mol. The number of aromatic nitrogens is 2. The summed E-state index contributed by atoms with van der Waals surface area (Å²) in [6.07, 6.45) is 0. The van der Waals surface area contributed by atoms with Crippen LogP contribution in [-0.2, 0) is 0 Å².